The summed E-state index contributed by atoms with van der Waals surface area (Å²) in [6, 6.07) is 2.88. The Kier molecular flexibility index (Phi) is 5.43. The molecule has 1 fully saturated rings. The Morgan fingerprint density at radius 2 is 2.00 bits per heavy atom. The zero-order valence-corrected chi connectivity index (χ0v) is 12.3. The number of halogens is 2. The average molecular weight is 312 g/mol. The molecule has 2 amide bonds. The number of amides is 2. The zero-order valence-electron chi connectivity index (χ0n) is 12.3. The van der Waals surface area contributed by atoms with Crippen LogP contribution in [0.1, 0.15) is 30.1 Å². The normalized spacial score (nSPS) is 15.7. The Labute approximate surface area is 127 Å². The maximum Gasteiger partial charge on any atom is 0.256 e. The fourth-order valence-corrected chi connectivity index (χ4v) is 2.40. The topological polar surface area (TPSA) is 58.6 Å². The molecule has 0 aromatic heterocycles. The minimum atomic E-state index is -0.874. The summed E-state index contributed by atoms with van der Waals surface area (Å²) in [4.78, 5) is 30.3. The molecular formula is C15H18F2N2O3. The summed E-state index contributed by atoms with van der Waals surface area (Å²) in [5.74, 6) is -2.52. The summed E-state index contributed by atoms with van der Waals surface area (Å²) >= 11 is 0. The first kappa shape index (κ1) is 16.4. The summed E-state index contributed by atoms with van der Waals surface area (Å²) < 4.78 is 26.5. The second kappa shape index (κ2) is 7.31. The molecule has 1 aliphatic heterocycles. The van der Waals surface area contributed by atoms with Gasteiger partial charge in [0.1, 0.15) is 11.6 Å². The number of carbonyl (C=O) groups is 2. The zero-order chi connectivity index (χ0) is 16.1. The van der Waals surface area contributed by atoms with Gasteiger partial charge < -0.3 is 4.90 Å². The Morgan fingerprint density at radius 1 is 1.32 bits per heavy atom. The number of carbonyl (C=O) groups excluding carboxylic acids is 2. The molecule has 0 spiro atoms. The van der Waals surface area contributed by atoms with Gasteiger partial charge in [-0.15, -0.1) is 0 Å². The van der Waals surface area contributed by atoms with Crippen LogP contribution in [-0.4, -0.2) is 36.4 Å². The van der Waals surface area contributed by atoms with Crippen LogP contribution in [0.3, 0.4) is 0 Å². The molecule has 2 rings (SSSR count). The lowest BCUT2D eigenvalue weighted by Gasteiger charge is -2.31. The van der Waals surface area contributed by atoms with Crippen LogP contribution in [0.25, 0.3) is 0 Å². The smallest absolute Gasteiger partial charge is 0.256 e. The minimum Gasteiger partial charge on any atom is -0.339 e. The molecule has 0 radical (unpaired) electrons. The Hall–Kier alpha value is -2.02. The Morgan fingerprint density at radius 3 is 2.59 bits per heavy atom. The van der Waals surface area contributed by atoms with E-state index in [9.17, 15) is 18.4 Å². The van der Waals surface area contributed by atoms with E-state index in [2.05, 4.69) is 5.48 Å². The quantitative estimate of drug-likeness (QED) is 0.864. The van der Waals surface area contributed by atoms with Crippen molar-refractivity contribution in [2.24, 2.45) is 5.92 Å². The molecule has 0 unspecified atom stereocenters. The van der Waals surface area contributed by atoms with Crippen LogP contribution >= 0.6 is 0 Å². The third-order valence-corrected chi connectivity index (χ3v) is 3.63. The largest absolute Gasteiger partial charge is 0.339 e. The van der Waals surface area contributed by atoms with Gasteiger partial charge in [0.15, 0.2) is 0 Å². The molecule has 7 heteroatoms. The highest BCUT2D eigenvalue weighted by atomic mass is 19.1. The van der Waals surface area contributed by atoms with Crippen LogP contribution < -0.4 is 5.48 Å². The fraction of sp³-hybridized carbons (Fsp3) is 0.467. The molecule has 22 heavy (non-hydrogen) atoms. The van der Waals surface area contributed by atoms with Crippen molar-refractivity contribution < 1.29 is 23.2 Å². The van der Waals surface area contributed by atoms with Crippen molar-refractivity contribution in [1.82, 2.24) is 10.4 Å². The van der Waals surface area contributed by atoms with Gasteiger partial charge >= 0.3 is 0 Å². The maximum atomic E-state index is 13.6. The molecule has 0 aliphatic carbocycles. The van der Waals surface area contributed by atoms with Gasteiger partial charge in [0.05, 0.1) is 12.2 Å². The van der Waals surface area contributed by atoms with E-state index in [0.29, 0.717) is 38.6 Å². The van der Waals surface area contributed by atoms with Gasteiger partial charge in [-0.3, -0.25) is 14.4 Å². The van der Waals surface area contributed by atoms with Crippen molar-refractivity contribution in [3.05, 3.63) is 35.4 Å². The van der Waals surface area contributed by atoms with E-state index in [0.717, 1.165) is 12.1 Å². The average Bonchev–Trinajstić information content (AvgIpc) is 2.52. The molecule has 1 aromatic carbocycles. The Balaban J connectivity index is 1.93. The summed E-state index contributed by atoms with van der Waals surface area (Å²) in [6.07, 6.45) is 0.959. The second-order valence-electron chi connectivity index (χ2n) is 5.09. The highest BCUT2D eigenvalue weighted by Crippen LogP contribution is 2.20. The number of hydrogen-bond acceptors (Lipinski definition) is 3. The number of benzene rings is 1. The fourth-order valence-electron chi connectivity index (χ4n) is 2.40. The maximum absolute atomic E-state index is 13.6. The standard InChI is InChI=1S/C15H18F2N2O3/c1-2-22-18-14(20)10-5-7-19(8-6-10)15(21)12-4-3-11(16)9-13(12)17/h3-4,9-10H,2,5-8H2,1H3,(H,18,20). The number of likely N-dealkylation sites (tertiary alicyclic amines) is 1. The number of piperidine rings is 1. The summed E-state index contributed by atoms with van der Waals surface area (Å²) in [6.45, 7) is 2.84. The number of nitrogens with zero attached hydrogens (tertiary/aromatic N) is 1. The first-order valence-corrected chi connectivity index (χ1v) is 7.19. The monoisotopic (exact) mass is 312 g/mol. The molecule has 1 aliphatic rings. The lowest BCUT2D eigenvalue weighted by atomic mass is 9.95. The second-order valence-corrected chi connectivity index (χ2v) is 5.09. The molecule has 0 bridgehead atoms. The third kappa shape index (κ3) is 3.79. The van der Waals surface area contributed by atoms with Gasteiger partial charge in [0.2, 0.25) is 5.91 Å². The predicted octanol–water partition coefficient (Wildman–Crippen LogP) is 1.88. The van der Waals surface area contributed by atoms with Gasteiger partial charge in [-0.05, 0) is 31.9 Å². The summed E-state index contributed by atoms with van der Waals surface area (Å²) in [5.41, 5.74) is 2.20. The van der Waals surface area contributed by atoms with Crippen molar-refractivity contribution in [1.29, 1.82) is 0 Å². The summed E-state index contributed by atoms with van der Waals surface area (Å²) in [7, 11) is 0. The third-order valence-electron chi connectivity index (χ3n) is 3.63. The van der Waals surface area contributed by atoms with E-state index in [1.807, 2.05) is 0 Å². The van der Waals surface area contributed by atoms with Crippen LogP contribution in [0, 0.1) is 17.6 Å². The molecule has 0 saturated carbocycles. The SMILES string of the molecule is CCONC(=O)C1CCN(C(=O)c2ccc(F)cc2F)CC1. The van der Waals surface area contributed by atoms with E-state index < -0.39 is 17.5 Å². The number of hydrogen-bond donors (Lipinski definition) is 1. The Bertz CT molecular complexity index is 558. The molecule has 120 valence electrons. The van der Waals surface area contributed by atoms with Gasteiger partial charge in [-0.25, -0.2) is 14.3 Å². The van der Waals surface area contributed by atoms with Crippen molar-refractivity contribution in [2.45, 2.75) is 19.8 Å². The number of nitrogens with one attached hydrogen (secondary N) is 1. The molecule has 1 aromatic rings. The first-order valence-electron chi connectivity index (χ1n) is 7.19. The van der Waals surface area contributed by atoms with E-state index in [1.165, 1.54) is 4.90 Å². The molecular weight excluding hydrogens is 294 g/mol. The van der Waals surface area contributed by atoms with E-state index >= 15 is 0 Å². The van der Waals surface area contributed by atoms with E-state index in [-0.39, 0.29) is 17.4 Å². The van der Waals surface area contributed by atoms with Gasteiger partial charge in [-0.1, -0.05) is 0 Å². The lowest BCUT2D eigenvalue weighted by molar-refractivity contribution is -0.138. The molecule has 1 saturated heterocycles. The van der Waals surface area contributed by atoms with Gasteiger partial charge in [-0.2, -0.15) is 0 Å². The summed E-state index contributed by atoms with van der Waals surface area (Å²) in [5, 5.41) is 0. The van der Waals surface area contributed by atoms with Crippen LogP contribution in [0.4, 0.5) is 8.78 Å². The highest BCUT2D eigenvalue weighted by Gasteiger charge is 2.29. The van der Waals surface area contributed by atoms with Crippen molar-refractivity contribution in [3.8, 4) is 0 Å². The molecule has 5 nitrogen and oxygen atoms in total. The molecule has 0 atom stereocenters. The minimum absolute atomic E-state index is 0.154. The van der Waals surface area contributed by atoms with E-state index in [4.69, 9.17) is 4.84 Å². The molecule has 1 heterocycles. The van der Waals surface area contributed by atoms with Crippen LogP contribution in [0.2, 0.25) is 0 Å². The highest BCUT2D eigenvalue weighted by molar-refractivity contribution is 5.94. The number of rotatable bonds is 4. The molecule has 1 N–H and O–H groups in total. The van der Waals surface area contributed by atoms with Crippen molar-refractivity contribution >= 4 is 11.8 Å². The van der Waals surface area contributed by atoms with Crippen LogP contribution in [0.5, 0.6) is 0 Å². The number of hydroxylamine groups is 1. The predicted molar refractivity (Wildman–Crippen MR) is 74.8 cm³/mol. The van der Waals surface area contributed by atoms with Crippen LogP contribution in [0.15, 0.2) is 18.2 Å². The van der Waals surface area contributed by atoms with Gasteiger partial charge in [0, 0.05) is 25.1 Å². The van der Waals surface area contributed by atoms with Crippen molar-refractivity contribution in [3.63, 3.8) is 0 Å². The first-order chi connectivity index (χ1) is 10.5. The van der Waals surface area contributed by atoms with Crippen molar-refractivity contribution in [2.75, 3.05) is 19.7 Å². The van der Waals surface area contributed by atoms with E-state index in [1.54, 1.807) is 6.92 Å². The van der Waals surface area contributed by atoms with Gasteiger partial charge in [0.25, 0.3) is 5.91 Å². The van der Waals surface area contributed by atoms with Crippen LogP contribution in [-0.2, 0) is 9.63 Å². The lowest BCUT2D eigenvalue weighted by Crippen LogP contribution is -2.43.